The summed E-state index contributed by atoms with van der Waals surface area (Å²) >= 11 is 0. The number of fused-ring (bicyclic) bond motifs is 1. The van der Waals surface area contributed by atoms with E-state index >= 15 is 0 Å². The number of likely N-dealkylation sites (tertiary alicyclic amines) is 1. The third kappa shape index (κ3) is 3.64. The number of nitrogens with two attached hydrogens (primary N) is 1. The topological polar surface area (TPSA) is 90.2 Å². The summed E-state index contributed by atoms with van der Waals surface area (Å²) in [5, 5.41) is 5.44. The van der Waals surface area contributed by atoms with Gasteiger partial charge in [0.25, 0.3) is 5.56 Å². The van der Waals surface area contributed by atoms with Crippen LogP contribution >= 0.6 is 0 Å². The lowest BCUT2D eigenvalue weighted by Crippen LogP contribution is -2.37. The Morgan fingerprint density at radius 1 is 1.22 bits per heavy atom. The number of benzene rings is 1. The third-order valence-electron chi connectivity index (χ3n) is 5.23. The van der Waals surface area contributed by atoms with E-state index in [1.165, 1.54) is 12.3 Å². The Morgan fingerprint density at radius 3 is 2.85 bits per heavy atom. The molecule has 2 N–H and O–H groups in total. The van der Waals surface area contributed by atoms with Crippen LogP contribution in [0.2, 0.25) is 0 Å². The molecule has 0 aliphatic carbocycles. The maximum atomic E-state index is 12.3. The van der Waals surface area contributed by atoms with Gasteiger partial charge in [-0.1, -0.05) is 17.3 Å². The van der Waals surface area contributed by atoms with Gasteiger partial charge in [0.1, 0.15) is 5.69 Å². The van der Waals surface area contributed by atoms with E-state index in [9.17, 15) is 4.79 Å². The van der Waals surface area contributed by atoms with Gasteiger partial charge in [0.2, 0.25) is 0 Å². The average molecular weight is 365 g/mol. The van der Waals surface area contributed by atoms with Gasteiger partial charge < -0.3 is 19.7 Å². The largest absolute Gasteiger partial charge is 0.405 e. The highest BCUT2D eigenvalue weighted by molar-refractivity contribution is 5.79. The van der Waals surface area contributed by atoms with E-state index in [1.807, 2.05) is 18.2 Å². The lowest BCUT2D eigenvalue weighted by molar-refractivity contribution is 0.202. The quantitative estimate of drug-likeness (QED) is 0.745. The van der Waals surface area contributed by atoms with Crippen LogP contribution in [0, 0.1) is 0 Å². The summed E-state index contributed by atoms with van der Waals surface area (Å²) in [6.07, 6.45) is 8.33. The molecule has 2 aromatic heterocycles. The molecular weight excluding hydrogens is 342 g/mol. The van der Waals surface area contributed by atoms with E-state index in [0.29, 0.717) is 18.2 Å². The van der Waals surface area contributed by atoms with Crippen molar-refractivity contribution in [1.82, 2.24) is 19.6 Å². The summed E-state index contributed by atoms with van der Waals surface area (Å²) < 4.78 is 7.15. The minimum absolute atomic E-state index is 0.108. The van der Waals surface area contributed by atoms with Crippen LogP contribution in [0.25, 0.3) is 17.0 Å². The molecule has 0 saturated carbocycles. The van der Waals surface area contributed by atoms with Crippen LogP contribution in [0.5, 0.6) is 0 Å². The van der Waals surface area contributed by atoms with Crippen molar-refractivity contribution in [1.29, 1.82) is 0 Å². The molecule has 1 aliphatic heterocycles. The molecule has 1 fully saturated rings. The molecule has 0 unspecified atom stereocenters. The molecule has 0 atom stereocenters. The SMILES string of the molecule is N/C=C\c1nccn(CCN2CCC(c3noc4ccccc34)CC2)c1=O. The van der Waals surface area contributed by atoms with Gasteiger partial charge in [-0.25, -0.2) is 4.98 Å². The fraction of sp³-hybridized carbons (Fsp3) is 0.350. The molecule has 1 saturated heterocycles. The van der Waals surface area contributed by atoms with Crippen molar-refractivity contribution in [2.45, 2.75) is 25.3 Å². The minimum atomic E-state index is -0.108. The maximum absolute atomic E-state index is 12.3. The van der Waals surface area contributed by atoms with E-state index in [0.717, 1.165) is 49.1 Å². The summed E-state index contributed by atoms with van der Waals surface area (Å²) in [6.45, 7) is 3.45. The number of nitrogens with zero attached hydrogens (tertiary/aromatic N) is 4. The molecule has 4 rings (SSSR count). The minimum Gasteiger partial charge on any atom is -0.405 e. The van der Waals surface area contributed by atoms with E-state index in [2.05, 4.69) is 21.1 Å². The zero-order chi connectivity index (χ0) is 18.6. The first kappa shape index (κ1) is 17.5. The Labute approximate surface area is 157 Å². The van der Waals surface area contributed by atoms with E-state index < -0.39 is 0 Å². The molecule has 27 heavy (non-hydrogen) atoms. The van der Waals surface area contributed by atoms with E-state index in [1.54, 1.807) is 17.0 Å². The maximum Gasteiger partial charge on any atom is 0.276 e. The van der Waals surface area contributed by atoms with Crippen molar-refractivity contribution in [2.24, 2.45) is 5.73 Å². The highest BCUT2D eigenvalue weighted by Gasteiger charge is 2.24. The first-order valence-corrected chi connectivity index (χ1v) is 9.26. The van der Waals surface area contributed by atoms with Crippen LogP contribution in [-0.4, -0.2) is 39.2 Å². The van der Waals surface area contributed by atoms with Crippen molar-refractivity contribution in [3.63, 3.8) is 0 Å². The lowest BCUT2D eigenvalue weighted by atomic mass is 9.91. The van der Waals surface area contributed by atoms with Crippen LogP contribution in [-0.2, 0) is 6.54 Å². The molecule has 0 amide bonds. The van der Waals surface area contributed by atoms with Gasteiger partial charge in [0.05, 0.1) is 5.69 Å². The Hall–Kier alpha value is -2.93. The van der Waals surface area contributed by atoms with E-state index in [4.69, 9.17) is 10.3 Å². The molecule has 1 aliphatic rings. The van der Waals surface area contributed by atoms with Gasteiger partial charge in [0.15, 0.2) is 5.58 Å². The van der Waals surface area contributed by atoms with E-state index in [-0.39, 0.29) is 5.56 Å². The number of para-hydroxylation sites is 1. The number of aromatic nitrogens is 3. The second kappa shape index (κ2) is 7.75. The first-order chi connectivity index (χ1) is 13.3. The van der Waals surface area contributed by atoms with Gasteiger partial charge in [0, 0.05) is 36.8 Å². The lowest BCUT2D eigenvalue weighted by Gasteiger charge is -2.31. The molecule has 0 bridgehead atoms. The van der Waals surface area contributed by atoms with Crippen molar-refractivity contribution in [3.05, 3.63) is 64.6 Å². The van der Waals surface area contributed by atoms with Gasteiger partial charge >= 0.3 is 0 Å². The van der Waals surface area contributed by atoms with Crippen LogP contribution in [0.15, 0.2) is 52.2 Å². The molecule has 1 aromatic carbocycles. The fourth-order valence-electron chi connectivity index (χ4n) is 3.72. The van der Waals surface area contributed by atoms with Crippen molar-refractivity contribution < 1.29 is 4.52 Å². The fourth-order valence-corrected chi connectivity index (χ4v) is 3.72. The van der Waals surface area contributed by atoms with Crippen LogP contribution in [0.4, 0.5) is 0 Å². The third-order valence-corrected chi connectivity index (χ3v) is 5.23. The molecule has 7 nitrogen and oxygen atoms in total. The van der Waals surface area contributed by atoms with Gasteiger partial charge in [-0.3, -0.25) is 4.79 Å². The van der Waals surface area contributed by atoms with Crippen molar-refractivity contribution in [3.8, 4) is 0 Å². The molecule has 0 radical (unpaired) electrons. The highest BCUT2D eigenvalue weighted by atomic mass is 16.5. The van der Waals surface area contributed by atoms with Crippen molar-refractivity contribution >= 4 is 17.0 Å². The normalized spacial score (nSPS) is 16.4. The summed E-state index contributed by atoms with van der Waals surface area (Å²) in [7, 11) is 0. The molecule has 3 heterocycles. The predicted octanol–water partition coefficient (Wildman–Crippen LogP) is 2.19. The summed E-state index contributed by atoms with van der Waals surface area (Å²) in [4.78, 5) is 18.8. The second-order valence-corrected chi connectivity index (χ2v) is 6.85. The Bertz CT molecular complexity index is 999. The van der Waals surface area contributed by atoms with Crippen LogP contribution < -0.4 is 11.3 Å². The molecule has 140 valence electrons. The van der Waals surface area contributed by atoms with Gasteiger partial charge in [-0.05, 0) is 50.3 Å². The molecule has 7 heteroatoms. The number of hydrogen-bond acceptors (Lipinski definition) is 6. The zero-order valence-corrected chi connectivity index (χ0v) is 15.1. The molecule has 0 spiro atoms. The summed E-state index contributed by atoms with van der Waals surface area (Å²) in [5.74, 6) is 0.426. The Balaban J connectivity index is 1.36. The second-order valence-electron chi connectivity index (χ2n) is 6.85. The zero-order valence-electron chi connectivity index (χ0n) is 15.1. The number of piperidine rings is 1. The molecule has 3 aromatic rings. The first-order valence-electron chi connectivity index (χ1n) is 9.26. The summed E-state index contributed by atoms with van der Waals surface area (Å²) in [6, 6.07) is 8.03. The standard InChI is InChI=1S/C20H23N5O2/c21-8-5-17-20(26)25(12-9-22-17)14-13-24-10-6-15(7-11-24)19-16-3-1-2-4-18(16)27-23-19/h1-5,8-9,12,15H,6-7,10-11,13-14,21H2/b8-5-. The predicted molar refractivity (Wildman–Crippen MR) is 104 cm³/mol. The Kier molecular flexibility index (Phi) is 5.02. The monoisotopic (exact) mass is 365 g/mol. The smallest absolute Gasteiger partial charge is 0.276 e. The average Bonchev–Trinajstić information content (AvgIpc) is 3.13. The van der Waals surface area contributed by atoms with Crippen LogP contribution in [0.3, 0.4) is 0 Å². The van der Waals surface area contributed by atoms with Gasteiger partial charge in [-0.2, -0.15) is 0 Å². The Morgan fingerprint density at radius 2 is 2.04 bits per heavy atom. The number of rotatable bonds is 5. The molecular formula is C20H23N5O2. The van der Waals surface area contributed by atoms with Crippen LogP contribution in [0.1, 0.15) is 30.1 Å². The van der Waals surface area contributed by atoms with Crippen molar-refractivity contribution in [2.75, 3.05) is 19.6 Å². The number of hydrogen-bond donors (Lipinski definition) is 1. The highest BCUT2D eigenvalue weighted by Crippen LogP contribution is 2.32. The summed E-state index contributed by atoms with van der Waals surface area (Å²) in [5.41, 5.74) is 7.57. The van der Waals surface area contributed by atoms with Gasteiger partial charge in [-0.15, -0.1) is 0 Å².